The Morgan fingerprint density at radius 3 is 2.42 bits per heavy atom. The summed E-state index contributed by atoms with van der Waals surface area (Å²) < 4.78 is 51.4. The molecule has 7 heterocycles. The maximum Gasteiger partial charge on any atom is 0.438 e. The third-order valence-electron chi connectivity index (χ3n) is 16.1. The molecule has 2 aliphatic heterocycles. The summed E-state index contributed by atoms with van der Waals surface area (Å²) in [5.74, 6) is -0.660. The van der Waals surface area contributed by atoms with Crippen LogP contribution < -0.4 is 11.4 Å². The number of hydrogen-bond donors (Lipinski definition) is 1. The fourth-order valence-corrected chi connectivity index (χ4v) is 11.9. The molecule has 0 unspecified atom stereocenters. The smallest absolute Gasteiger partial charge is 0.376 e. The van der Waals surface area contributed by atoms with Crippen molar-refractivity contribution in [2.75, 3.05) is 13.2 Å². The van der Waals surface area contributed by atoms with Crippen LogP contribution in [-0.4, -0.2) is 73.0 Å². The van der Waals surface area contributed by atoms with Gasteiger partial charge in [0.2, 0.25) is 0 Å². The molecule has 0 spiro atoms. The number of nitrogens with one attached hydrogen (secondary N) is 1. The molecule has 5 aliphatic rings. The Labute approximate surface area is 394 Å². The summed E-state index contributed by atoms with van der Waals surface area (Å²) in [5.41, 5.74) is 4.02. The number of rotatable bonds is 9. The number of halogens is 2. The van der Waals surface area contributed by atoms with Gasteiger partial charge < -0.3 is 14.2 Å². The number of carbonyl (C=O) groups is 1. The third kappa shape index (κ3) is 6.44. The minimum atomic E-state index is -0.854. The molecule has 1 saturated heterocycles. The van der Waals surface area contributed by atoms with Crippen molar-refractivity contribution in [1.82, 2.24) is 48.3 Å². The summed E-state index contributed by atoms with van der Waals surface area (Å²) in [6.45, 7) is 9.21. The van der Waals surface area contributed by atoms with Gasteiger partial charge in [-0.15, -0.1) is 0 Å². The molecule has 3 saturated carbocycles. The Balaban J connectivity index is 0.940. The zero-order chi connectivity index (χ0) is 47.2. The Kier molecular flexibility index (Phi) is 9.22. The number of nitrogens with zero attached hydrogens (tertiary/aromatic N) is 9. The first kappa shape index (κ1) is 42.2. The van der Waals surface area contributed by atoms with Gasteiger partial charge in [-0.2, -0.15) is 10.2 Å². The van der Waals surface area contributed by atoms with E-state index in [2.05, 4.69) is 54.2 Å². The molecule has 17 heteroatoms. The fourth-order valence-electron chi connectivity index (χ4n) is 11.9. The molecule has 15 nitrogen and oxygen atoms in total. The average molecular weight is 935 g/mol. The van der Waals surface area contributed by atoms with Crippen LogP contribution >= 0.6 is 0 Å². The second-order valence-corrected chi connectivity index (χ2v) is 20.8. The Morgan fingerprint density at radius 1 is 0.899 bits per heavy atom. The van der Waals surface area contributed by atoms with E-state index >= 15 is 13.6 Å². The van der Waals surface area contributed by atoms with E-state index in [9.17, 15) is 9.59 Å². The van der Waals surface area contributed by atoms with Crippen molar-refractivity contribution in [2.24, 2.45) is 5.92 Å². The van der Waals surface area contributed by atoms with Crippen LogP contribution in [0.3, 0.4) is 0 Å². The largest absolute Gasteiger partial charge is 0.438 e. The van der Waals surface area contributed by atoms with Crippen LogP contribution in [0.4, 0.5) is 8.78 Å². The molecule has 1 N–H and O–H groups in total. The van der Waals surface area contributed by atoms with Crippen LogP contribution in [0.1, 0.15) is 142 Å². The first-order valence-electron chi connectivity index (χ1n) is 24.3. The van der Waals surface area contributed by atoms with E-state index in [-0.39, 0.29) is 46.8 Å². The number of aromatic amines is 1. The fraction of sp³-hybridized carbons (Fsp3) is 0.423. The zero-order valence-corrected chi connectivity index (χ0v) is 38.9. The molecule has 4 fully saturated rings. The molecule has 0 radical (unpaired) electrons. The summed E-state index contributed by atoms with van der Waals surface area (Å²) >= 11 is 0. The van der Waals surface area contributed by atoms with Gasteiger partial charge in [0.1, 0.15) is 22.9 Å². The molecule has 354 valence electrons. The number of H-pyrrole nitrogens is 1. The van der Waals surface area contributed by atoms with Gasteiger partial charge in [0.25, 0.3) is 5.91 Å². The molecule has 0 bridgehead atoms. The van der Waals surface area contributed by atoms with E-state index in [1.165, 1.54) is 27.0 Å². The molecule has 3 aliphatic carbocycles. The SMILES string of the molecule is C[C@H]1c2c(nn(-c3ccc(F)c(C4CC4)c3)c2-n2ccn(-c3ccc4c(cnn4C4CCC4)c3F)c2=O)CCN1C(=O)c1cc2cc([C@H]3CCOC(C)(C)C3)ccc2n1[C@@]1(c2noc(=O)[nH]2)C[C@@H]1C. The number of imidazole rings is 1. The van der Waals surface area contributed by atoms with Crippen LogP contribution in [0.25, 0.3) is 39.0 Å². The van der Waals surface area contributed by atoms with E-state index in [0.29, 0.717) is 76.7 Å². The summed E-state index contributed by atoms with van der Waals surface area (Å²) in [4.78, 5) is 47.6. The predicted molar refractivity (Wildman–Crippen MR) is 252 cm³/mol. The molecule has 69 heavy (non-hydrogen) atoms. The monoisotopic (exact) mass is 934 g/mol. The molecule has 13 rings (SSSR count). The van der Waals surface area contributed by atoms with Gasteiger partial charge in [-0.05, 0) is 150 Å². The number of benzene rings is 3. The molecule has 8 aromatic rings. The van der Waals surface area contributed by atoms with Gasteiger partial charge in [0.05, 0.1) is 51.9 Å². The van der Waals surface area contributed by atoms with Gasteiger partial charge in [-0.1, -0.05) is 18.1 Å². The van der Waals surface area contributed by atoms with Crippen molar-refractivity contribution in [3.05, 3.63) is 140 Å². The van der Waals surface area contributed by atoms with E-state index in [1.54, 1.807) is 35.3 Å². The van der Waals surface area contributed by atoms with Crippen molar-refractivity contribution < 1.29 is 22.8 Å². The average Bonchev–Trinajstić information content (AvgIpc) is 3.85. The lowest BCUT2D eigenvalue weighted by atomic mass is 9.83. The van der Waals surface area contributed by atoms with E-state index in [4.69, 9.17) is 14.4 Å². The maximum atomic E-state index is 16.6. The van der Waals surface area contributed by atoms with Gasteiger partial charge in [0.15, 0.2) is 11.6 Å². The first-order chi connectivity index (χ1) is 33.3. The van der Waals surface area contributed by atoms with Crippen LogP contribution in [0.5, 0.6) is 0 Å². The second kappa shape index (κ2) is 15.1. The van der Waals surface area contributed by atoms with Crippen LogP contribution in [-0.2, 0) is 16.7 Å². The van der Waals surface area contributed by atoms with E-state index in [1.807, 2.05) is 33.2 Å². The number of aromatic nitrogens is 9. The number of amides is 1. The first-order valence-corrected chi connectivity index (χ1v) is 24.3. The Morgan fingerprint density at radius 2 is 1.70 bits per heavy atom. The molecule has 3 aromatic carbocycles. The normalized spacial score (nSPS) is 23.4. The number of fused-ring (bicyclic) bond motifs is 3. The summed E-state index contributed by atoms with van der Waals surface area (Å²) in [6.07, 6.45) is 12.2. The Hall–Kier alpha value is -6.88. The molecule has 1 amide bonds. The topological polar surface area (TPSA) is 156 Å². The highest BCUT2D eigenvalue weighted by Gasteiger charge is 2.59. The van der Waals surface area contributed by atoms with Gasteiger partial charge in [-0.25, -0.2) is 23.1 Å². The van der Waals surface area contributed by atoms with Crippen molar-refractivity contribution >= 4 is 27.7 Å². The number of hydrogen-bond acceptors (Lipinski definition) is 8. The number of carbonyl (C=O) groups excluding carboxylic acids is 1. The van der Waals surface area contributed by atoms with Crippen LogP contribution in [0, 0.1) is 17.6 Å². The highest BCUT2D eigenvalue weighted by atomic mass is 19.1. The van der Waals surface area contributed by atoms with Crippen LogP contribution in [0.15, 0.2) is 87.3 Å². The van der Waals surface area contributed by atoms with Gasteiger partial charge in [0, 0.05) is 48.4 Å². The van der Waals surface area contributed by atoms with Crippen LogP contribution in [0.2, 0.25) is 0 Å². The Bertz CT molecular complexity index is 3540. The second-order valence-electron chi connectivity index (χ2n) is 20.8. The van der Waals surface area contributed by atoms with Gasteiger partial charge >= 0.3 is 11.4 Å². The highest BCUT2D eigenvalue weighted by Crippen LogP contribution is 2.56. The van der Waals surface area contributed by atoms with Crippen molar-refractivity contribution in [2.45, 2.75) is 121 Å². The highest BCUT2D eigenvalue weighted by molar-refractivity contribution is 6.00. The lowest BCUT2D eigenvalue weighted by Gasteiger charge is -2.35. The lowest BCUT2D eigenvalue weighted by Crippen LogP contribution is -2.41. The van der Waals surface area contributed by atoms with Crippen molar-refractivity contribution in [1.29, 1.82) is 0 Å². The summed E-state index contributed by atoms with van der Waals surface area (Å²) in [5, 5.41) is 15.1. The van der Waals surface area contributed by atoms with Gasteiger partial charge in [-0.3, -0.25) is 28.1 Å². The minimum Gasteiger partial charge on any atom is -0.376 e. The molecule has 5 aromatic heterocycles. The zero-order valence-electron chi connectivity index (χ0n) is 38.9. The number of ether oxygens (including phenoxy) is 1. The summed E-state index contributed by atoms with van der Waals surface area (Å²) in [7, 11) is 0. The van der Waals surface area contributed by atoms with E-state index in [0.717, 1.165) is 55.8 Å². The van der Waals surface area contributed by atoms with E-state index < -0.39 is 28.8 Å². The summed E-state index contributed by atoms with van der Waals surface area (Å²) in [6, 6.07) is 16.3. The maximum absolute atomic E-state index is 16.6. The van der Waals surface area contributed by atoms with Crippen molar-refractivity contribution in [3.63, 3.8) is 0 Å². The third-order valence-corrected chi connectivity index (χ3v) is 16.1. The molecular weight excluding hydrogens is 883 g/mol. The minimum absolute atomic E-state index is 0.00298. The lowest BCUT2D eigenvalue weighted by molar-refractivity contribution is -0.0592. The quantitative estimate of drug-likeness (QED) is 0.151. The predicted octanol–water partition coefficient (Wildman–Crippen LogP) is 8.89. The molecule has 4 atom stereocenters. The van der Waals surface area contributed by atoms with Crippen molar-refractivity contribution in [3.8, 4) is 17.2 Å². The standard InChI is InChI=1S/C52H52F2N10O5/c1-28-25-52(28,48-56-49(66)69-58-48)62-40-13-10-31(32-17-21-68-51(3,4)26-32)22-33(40)23-43(62)47(65)59-18-16-39-44(29(59)2)46(64(57-39)35-11-12-38(53)36(24-35)30-8-9-30)61-20-19-60(50(61)67)42-15-14-41-37(45(42)54)27-55-63(41)34-6-5-7-34/h10-15,19-20,22-24,27-30,32,34H,5-9,16-18,21,25-26H2,1-4H3,(H,56,58,66)/t28-,29-,32-,52-/m0/s1. The molecular formula is C52H52F2N10O5.